The molecule has 0 saturated heterocycles. The van der Waals surface area contributed by atoms with Gasteiger partial charge in [0.15, 0.2) is 0 Å². The normalized spacial score (nSPS) is 16.3. The summed E-state index contributed by atoms with van der Waals surface area (Å²) in [6.45, 7) is 6.38. The minimum Gasteiger partial charge on any atom is -0.465 e. The lowest BCUT2D eigenvalue weighted by Gasteiger charge is -2.27. The molecule has 0 radical (unpaired) electrons. The van der Waals surface area contributed by atoms with Crippen LogP contribution in [0, 0.1) is 0 Å². The van der Waals surface area contributed by atoms with Crippen LogP contribution < -0.4 is 5.32 Å². The first-order valence-electron chi connectivity index (χ1n) is 6.08. The van der Waals surface area contributed by atoms with Crippen LogP contribution in [-0.2, 0) is 9.53 Å². The first-order chi connectivity index (χ1) is 8.00. The van der Waals surface area contributed by atoms with Gasteiger partial charge in [0.2, 0.25) is 0 Å². The van der Waals surface area contributed by atoms with Gasteiger partial charge in [0.05, 0.1) is 6.61 Å². The van der Waals surface area contributed by atoms with E-state index >= 15 is 0 Å². The molecule has 0 saturated carbocycles. The molecule has 0 rings (SSSR count). The van der Waals surface area contributed by atoms with Gasteiger partial charge in [-0.15, -0.1) is 0 Å². The zero-order valence-corrected chi connectivity index (χ0v) is 12.1. The maximum absolute atomic E-state index is 11.8. The number of ether oxygens (including phenoxy) is 1. The fraction of sp³-hybridized carbons (Fsp3) is 0.917. The summed E-state index contributed by atoms with van der Waals surface area (Å²) < 4.78 is 5.05. The van der Waals surface area contributed by atoms with E-state index in [0.717, 1.165) is 18.6 Å². The quantitative estimate of drug-likeness (QED) is 0.616. The van der Waals surface area contributed by atoms with Crippen molar-refractivity contribution in [2.24, 2.45) is 0 Å². The number of carbonyl (C=O) groups is 1. The number of hydrogen-bond acceptors (Lipinski definition) is 5. The first kappa shape index (κ1) is 16.7. The fourth-order valence-electron chi connectivity index (χ4n) is 1.35. The van der Waals surface area contributed by atoms with Crippen LogP contribution in [0.4, 0.5) is 0 Å². The number of rotatable bonds is 9. The third-order valence-electron chi connectivity index (χ3n) is 2.82. The molecule has 0 aliphatic heterocycles. The molecule has 0 heterocycles. The van der Waals surface area contributed by atoms with Gasteiger partial charge in [-0.2, -0.15) is 11.8 Å². The number of likely N-dealkylation sites (N-methyl/N-ethyl adjacent to an activating group) is 1. The topological polar surface area (TPSA) is 58.6 Å². The van der Waals surface area contributed by atoms with Crippen molar-refractivity contribution in [3.8, 4) is 0 Å². The Kier molecular flexibility index (Phi) is 8.64. The van der Waals surface area contributed by atoms with E-state index in [9.17, 15) is 4.79 Å². The van der Waals surface area contributed by atoms with Crippen LogP contribution in [0.2, 0.25) is 0 Å². The zero-order chi connectivity index (χ0) is 13.3. The van der Waals surface area contributed by atoms with E-state index < -0.39 is 5.54 Å². The number of hydrogen-bond donors (Lipinski definition) is 2. The van der Waals surface area contributed by atoms with E-state index in [4.69, 9.17) is 9.84 Å². The Hall–Kier alpha value is -0.260. The Labute approximate surface area is 108 Å². The summed E-state index contributed by atoms with van der Waals surface area (Å²) in [5, 5.41) is 12.3. The number of carbonyl (C=O) groups excluding carboxylic acids is 1. The molecule has 0 aromatic rings. The molecular formula is C12H25NO3S. The molecule has 0 aliphatic rings. The summed E-state index contributed by atoms with van der Waals surface area (Å²) in [6, 6.07) is 0. The van der Waals surface area contributed by atoms with E-state index in [0.29, 0.717) is 11.9 Å². The summed E-state index contributed by atoms with van der Waals surface area (Å²) in [7, 11) is 1.78. The number of aliphatic hydroxyl groups is 1. The minimum atomic E-state index is -0.609. The third kappa shape index (κ3) is 6.29. The molecule has 2 atom stereocenters. The van der Waals surface area contributed by atoms with Crippen molar-refractivity contribution in [1.29, 1.82) is 0 Å². The largest absolute Gasteiger partial charge is 0.465 e. The summed E-state index contributed by atoms with van der Waals surface area (Å²) >= 11 is 1.77. The number of nitrogens with one attached hydrogen (secondary N) is 1. The average Bonchev–Trinajstić information content (AvgIpc) is 2.29. The Balaban J connectivity index is 4.07. The Morgan fingerprint density at radius 2 is 2.24 bits per heavy atom. The van der Waals surface area contributed by atoms with Gasteiger partial charge in [-0.3, -0.25) is 4.79 Å². The molecule has 2 unspecified atom stereocenters. The van der Waals surface area contributed by atoms with Gasteiger partial charge in [0, 0.05) is 11.9 Å². The number of esters is 1. The highest BCUT2D eigenvalue weighted by atomic mass is 32.2. The summed E-state index contributed by atoms with van der Waals surface area (Å²) in [6.07, 6.45) is 1.52. The molecule has 0 amide bonds. The highest BCUT2D eigenvalue weighted by Crippen LogP contribution is 2.20. The molecule has 0 fully saturated rings. The highest BCUT2D eigenvalue weighted by Gasteiger charge is 2.32. The second-order valence-electron chi connectivity index (χ2n) is 4.25. The maximum atomic E-state index is 11.8. The molecule has 0 aliphatic carbocycles. The van der Waals surface area contributed by atoms with Gasteiger partial charge in [-0.05, 0) is 39.5 Å². The molecule has 17 heavy (non-hydrogen) atoms. The minimum absolute atomic E-state index is 0.196. The Bertz CT molecular complexity index is 226. The van der Waals surface area contributed by atoms with Crippen LogP contribution in [0.1, 0.15) is 33.6 Å². The lowest BCUT2D eigenvalue weighted by molar-refractivity contribution is -0.150. The van der Waals surface area contributed by atoms with E-state index in [1.165, 1.54) is 0 Å². The zero-order valence-electron chi connectivity index (χ0n) is 11.3. The maximum Gasteiger partial charge on any atom is 0.326 e. The van der Waals surface area contributed by atoms with Crippen molar-refractivity contribution in [3.05, 3.63) is 0 Å². The van der Waals surface area contributed by atoms with Crippen LogP contribution in [0.5, 0.6) is 0 Å². The second kappa shape index (κ2) is 8.78. The van der Waals surface area contributed by atoms with Crippen LogP contribution in [0.3, 0.4) is 0 Å². The molecule has 0 bridgehead atoms. The van der Waals surface area contributed by atoms with Gasteiger partial charge in [-0.1, -0.05) is 6.92 Å². The Morgan fingerprint density at radius 3 is 2.71 bits per heavy atom. The molecule has 0 spiro atoms. The Morgan fingerprint density at radius 1 is 1.59 bits per heavy atom. The monoisotopic (exact) mass is 263 g/mol. The molecule has 2 N–H and O–H groups in total. The van der Waals surface area contributed by atoms with E-state index in [1.807, 2.05) is 13.8 Å². The van der Waals surface area contributed by atoms with E-state index in [1.54, 1.807) is 18.8 Å². The standard InChI is InChI=1S/C12H25NO3S/c1-5-16-11(15)12(3,13-4)7-9-17-10(2)6-8-14/h10,13-14H,5-9H2,1-4H3. The summed E-state index contributed by atoms with van der Waals surface area (Å²) in [4.78, 5) is 11.8. The molecular weight excluding hydrogens is 238 g/mol. The summed E-state index contributed by atoms with van der Waals surface area (Å²) in [5.74, 6) is 0.676. The predicted octanol–water partition coefficient (Wildman–Crippen LogP) is 1.42. The second-order valence-corrected chi connectivity index (χ2v) is 5.79. The number of aliphatic hydroxyl groups excluding tert-OH is 1. The average molecular weight is 263 g/mol. The highest BCUT2D eigenvalue weighted by molar-refractivity contribution is 7.99. The van der Waals surface area contributed by atoms with Crippen LogP contribution in [0.15, 0.2) is 0 Å². The first-order valence-corrected chi connectivity index (χ1v) is 7.13. The van der Waals surface area contributed by atoms with Crippen molar-refractivity contribution < 1.29 is 14.6 Å². The van der Waals surface area contributed by atoms with Crippen molar-refractivity contribution >= 4 is 17.7 Å². The predicted molar refractivity (Wildman–Crippen MR) is 72.3 cm³/mol. The van der Waals surface area contributed by atoms with Gasteiger partial charge in [0.25, 0.3) is 0 Å². The van der Waals surface area contributed by atoms with Crippen LogP contribution >= 0.6 is 11.8 Å². The lowest BCUT2D eigenvalue weighted by atomic mass is 10.00. The number of thioether (sulfide) groups is 1. The van der Waals surface area contributed by atoms with Gasteiger partial charge in [0.1, 0.15) is 5.54 Å². The third-order valence-corrected chi connectivity index (χ3v) is 4.06. The van der Waals surface area contributed by atoms with Crippen molar-refractivity contribution in [3.63, 3.8) is 0 Å². The smallest absolute Gasteiger partial charge is 0.326 e. The molecule has 102 valence electrons. The molecule has 0 aromatic heterocycles. The van der Waals surface area contributed by atoms with Crippen LogP contribution in [0.25, 0.3) is 0 Å². The molecule has 0 aromatic carbocycles. The van der Waals surface area contributed by atoms with Crippen molar-refractivity contribution in [2.75, 3.05) is 26.0 Å². The molecule has 4 nitrogen and oxygen atoms in total. The SMILES string of the molecule is CCOC(=O)C(C)(CCSC(C)CCO)NC. The van der Waals surface area contributed by atoms with Gasteiger partial charge >= 0.3 is 5.97 Å². The van der Waals surface area contributed by atoms with Crippen molar-refractivity contribution in [1.82, 2.24) is 5.32 Å². The van der Waals surface area contributed by atoms with Gasteiger partial charge < -0.3 is 15.2 Å². The van der Waals surface area contributed by atoms with E-state index in [-0.39, 0.29) is 12.6 Å². The van der Waals surface area contributed by atoms with Crippen molar-refractivity contribution in [2.45, 2.75) is 44.4 Å². The van der Waals surface area contributed by atoms with E-state index in [2.05, 4.69) is 12.2 Å². The fourth-order valence-corrected chi connectivity index (χ4v) is 2.55. The summed E-state index contributed by atoms with van der Waals surface area (Å²) in [5.41, 5.74) is -0.609. The van der Waals surface area contributed by atoms with Crippen LogP contribution in [-0.4, -0.2) is 47.9 Å². The van der Waals surface area contributed by atoms with Gasteiger partial charge in [-0.25, -0.2) is 0 Å². The molecule has 5 heteroatoms. The lowest BCUT2D eigenvalue weighted by Crippen LogP contribution is -2.49.